The highest BCUT2D eigenvalue weighted by Crippen LogP contribution is 2.31. The molecule has 0 aliphatic heterocycles. The van der Waals surface area contributed by atoms with Crippen molar-refractivity contribution in [2.75, 3.05) is 14.2 Å². The quantitative estimate of drug-likeness (QED) is 0.584. The summed E-state index contributed by atoms with van der Waals surface area (Å²) in [6.07, 6.45) is 0. The second kappa shape index (κ2) is 8.17. The molecule has 3 rings (SSSR count). The number of benzene rings is 1. The molecule has 9 heteroatoms. The zero-order valence-corrected chi connectivity index (χ0v) is 15.9. The van der Waals surface area contributed by atoms with Crippen molar-refractivity contribution in [1.29, 1.82) is 0 Å². The van der Waals surface area contributed by atoms with Crippen molar-refractivity contribution < 1.29 is 23.8 Å². The van der Waals surface area contributed by atoms with Crippen LogP contribution in [0.3, 0.4) is 0 Å². The maximum absolute atomic E-state index is 10.9. The highest BCUT2D eigenvalue weighted by Gasteiger charge is 2.16. The van der Waals surface area contributed by atoms with Crippen LogP contribution in [0, 0.1) is 0 Å². The first kappa shape index (κ1) is 18.8. The van der Waals surface area contributed by atoms with Gasteiger partial charge in [-0.2, -0.15) is 0 Å². The van der Waals surface area contributed by atoms with E-state index in [1.165, 1.54) is 17.8 Å². The predicted molar refractivity (Wildman–Crippen MR) is 99.5 cm³/mol. The smallest absolute Gasteiger partial charge is 0.371 e. The lowest BCUT2D eigenvalue weighted by atomic mass is 10.2. The van der Waals surface area contributed by atoms with Crippen LogP contribution < -0.4 is 9.47 Å². The summed E-state index contributed by atoms with van der Waals surface area (Å²) in [6, 6.07) is 8.63. The molecule has 142 valence electrons. The summed E-state index contributed by atoms with van der Waals surface area (Å²) in [5, 5.41) is 18.2. The van der Waals surface area contributed by atoms with Crippen LogP contribution >= 0.6 is 11.8 Å². The summed E-state index contributed by atoms with van der Waals surface area (Å²) >= 11 is 1.43. The average molecular weight is 389 g/mol. The van der Waals surface area contributed by atoms with Gasteiger partial charge in [0.25, 0.3) is 0 Å². The topological polar surface area (TPSA) is 99.6 Å². The molecule has 8 nitrogen and oxygen atoms in total. The van der Waals surface area contributed by atoms with Crippen LogP contribution in [-0.4, -0.2) is 40.1 Å². The van der Waals surface area contributed by atoms with Gasteiger partial charge in [0.05, 0.1) is 20.0 Å². The normalized spacial score (nSPS) is 10.8. The summed E-state index contributed by atoms with van der Waals surface area (Å²) in [5.74, 6) is 1.88. The minimum atomic E-state index is -1.09. The number of furan rings is 1. The number of thioether (sulfide) groups is 1. The minimum Gasteiger partial charge on any atom is -0.497 e. The summed E-state index contributed by atoms with van der Waals surface area (Å²) in [7, 11) is 3.19. The van der Waals surface area contributed by atoms with E-state index in [1.807, 2.05) is 23.6 Å². The highest BCUT2D eigenvalue weighted by atomic mass is 32.2. The fourth-order valence-corrected chi connectivity index (χ4v) is 3.43. The van der Waals surface area contributed by atoms with E-state index < -0.39 is 5.97 Å². The first-order chi connectivity index (χ1) is 13.0. The lowest BCUT2D eigenvalue weighted by molar-refractivity contribution is 0.0661. The molecule has 0 aliphatic carbocycles. The van der Waals surface area contributed by atoms with Crippen LogP contribution in [0.5, 0.6) is 11.5 Å². The third-order valence-electron chi connectivity index (χ3n) is 3.86. The Hall–Kier alpha value is -2.94. The van der Waals surface area contributed by atoms with Crippen molar-refractivity contribution in [3.63, 3.8) is 0 Å². The van der Waals surface area contributed by atoms with Crippen molar-refractivity contribution in [1.82, 2.24) is 14.8 Å². The molecule has 0 fully saturated rings. The number of aromatic nitrogens is 3. The van der Waals surface area contributed by atoms with Gasteiger partial charge in [-0.15, -0.1) is 10.2 Å². The largest absolute Gasteiger partial charge is 0.497 e. The Bertz CT molecular complexity index is 928. The molecule has 1 N–H and O–H groups in total. The van der Waals surface area contributed by atoms with Crippen molar-refractivity contribution in [2.24, 2.45) is 0 Å². The molecule has 1 aromatic carbocycles. The number of carbonyl (C=O) groups is 1. The van der Waals surface area contributed by atoms with Crippen LogP contribution in [0.4, 0.5) is 0 Å². The molecule has 0 saturated heterocycles. The van der Waals surface area contributed by atoms with Crippen molar-refractivity contribution in [2.45, 2.75) is 24.4 Å². The van der Waals surface area contributed by atoms with Gasteiger partial charge < -0.3 is 23.6 Å². The number of hydrogen-bond donors (Lipinski definition) is 1. The van der Waals surface area contributed by atoms with Gasteiger partial charge in [0.1, 0.15) is 17.3 Å². The molecule has 27 heavy (non-hydrogen) atoms. The second-order valence-electron chi connectivity index (χ2n) is 5.51. The number of ether oxygens (including phenoxy) is 2. The summed E-state index contributed by atoms with van der Waals surface area (Å²) in [5.41, 5.74) is 0.832. The summed E-state index contributed by atoms with van der Waals surface area (Å²) in [4.78, 5) is 10.9. The number of carboxylic acids is 1. The highest BCUT2D eigenvalue weighted by molar-refractivity contribution is 7.98. The molecule has 0 amide bonds. The Kier molecular flexibility index (Phi) is 5.70. The minimum absolute atomic E-state index is 0.0771. The van der Waals surface area contributed by atoms with Gasteiger partial charge in [-0.3, -0.25) is 0 Å². The SMILES string of the molecule is CCn1c(SCc2ccc(C(=O)O)o2)nnc1-c1cc(OC)cc(OC)c1. The van der Waals surface area contributed by atoms with E-state index in [1.54, 1.807) is 26.4 Å². The van der Waals surface area contributed by atoms with Crippen LogP contribution in [0.2, 0.25) is 0 Å². The van der Waals surface area contributed by atoms with Gasteiger partial charge >= 0.3 is 5.97 Å². The summed E-state index contributed by atoms with van der Waals surface area (Å²) < 4.78 is 17.9. The zero-order chi connectivity index (χ0) is 19.4. The molecule has 3 aromatic rings. The molecule has 2 aromatic heterocycles. The molecule has 0 spiro atoms. The number of nitrogens with zero attached hydrogens (tertiary/aromatic N) is 3. The molecule has 2 heterocycles. The van der Waals surface area contributed by atoms with Crippen molar-refractivity contribution >= 4 is 17.7 Å². The zero-order valence-electron chi connectivity index (χ0n) is 15.1. The predicted octanol–water partition coefficient (Wildman–Crippen LogP) is 3.57. The average Bonchev–Trinajstić information content (AvgIpc) is 3.32. The maximum Gasteiger partial charge on any atom is 0.371 e. The van der Waals surface area contributed by atoms with E-state index in [4.69, 9.17) is 19.0 Å². The molecular formula is C18H19N3O5S. The van der Waals surface area contributed by atoms with Gasteiger partial charge in [-0.25, -0.2) is 4.79 Å². The number of carboxylic acid groups (broad SMARTS) is 1. The Morgan fingerprint density at radius 1 is 1.19 bits per heavy atom. The molecule has 0 saturated carbocycles. The number of aromatic carboxylic acids is 1. The van der Waals surface area contributed by atoms with Crippen molar-refractivity contribution in [3.8, 4) is 22.9 Å². The Morgan fingerprint density at radius 3 is 2.44 bits per heavy atom. The third-order valence-corrected chi connectivity index (χ3v) is 4.85. The monoisotopic (exact) mass is 389 g/mol. The van der Waals surface area contributed by atoms with Crippen LogP contribution in [0.1, 0.15) is 23.2 Å². The second-order valence-corrected chi connectivity index (χ2v) is 6.45. The van der Waals surface area contributed by atoms with Gasteiger partial charge in [0.2, 0.25) is 5.76 Å². The van der Waals surface area contributed by atoms with Crippen molar-refractivity contribution in [3.05, 3.63) is 41.9 Å². The molecule has 0 aliphatic rings. The van der Waals surface area contributed by atoms with Crippen LogP contribution in [0.15, 0.2) is 39.9 Å². The fraction of sp³-hybridized carbons (Fsp3) is 0.278. The van der Waals surface area contributed by atoms with Gasteiger partial charge in [0.15, 0.2) is 11.0 Å². The van der Waals surface area contributed by atoms with Crippen LogP contribution in [-0.2, 0) is 12.3 Å². The van der Waals surface area contributed by atoms with E-state index in [0.29, 0.717) is 40.5 Å². The maximum atomic E-state index is 10.9. The molecule has 0 bridgehead atoms. The number of hydrogen-bond acceptors (Lipinski definition) is 7. The van der Waals surface area contributed by atoms with E-state index in [2.05, 4.69) is 10.2 Å². The van der Waals surface area contributed by atoms with E-state index in [-0.39, 0.29) is 5.76 Å². The molecule has 0 radical (unpaired) electrons. The first-order valence-corrected chi connectivity index (χ1v) is 9.15. The van der Waals surface area contributed by atoms with E-state index in [9.17, 15) is 4.79 Å². The third kappa shape index (κ3) is 4.08. The molecule has 0 atom stereocenters. The molecule has 0 unspecified atom stereocenters. The lowest BCUT2D eigenvalue weighted by Gasteiger charge is -2.10. The Labute approximate surface area is 160 Å². The first-order valence-electron chi connectivity index (χ1n) is 8.17. The van der Waals surface area contributed by atoms with E-state index in [0.717, 1.165) is 5.56 Å². The van der Waals surface area contributed by atoms with E-state index >= 15 is 0 Å². The standard InChI is InChI=1S/C18H19N3O5S/c1-4-21-16(11-7-13(24-2)9-14(8-11)25-3)19-20-18(21)27-10-12-5-6-15(26-12)17(22)23/h5-9H,4,10H2,1-3H3,(H,22,23). The Morgan fingerprint density at radius 2 is 1.89 bits per heavy atom. The molecular weight excluding hydrogens is 370 g/mol. The summed E-state index contributed by atoms with van der Waals surface area (Å²) in [6.45, 7) is 2.67. The van der Waals surface area contributed by atoms with Gasteiger partial charge in [-0.05, 0) is 31.2 Å². The lowest BCUT2D eigenvalue weighted by Crippen LogP contribution is -2.00. The van der Waals surface area contributed by atoms with Gasteiger partial charge in [0, 0.05) is 18.2 Å². The number of rotatable bonds is 8. The Balaban J connectivity index is 1.85. The number of methoxy groups -OCH3 is 2. The van der Waals surface area contributed by atoms with Gasteiger partial charge in [-0.1, -0.05) is 11.8 Å². The fourth-order valence-electron chi connectivity index (χ4n) is 2.54. The van der Waals surface area contributed by atoms with Crippen LogP contribution in [0.25, 0.3) is 11.4 Å².